The second kappa shape index (κ2) is 12.7. The molecule has 0 bridgehead atoms. The molecule has 2 N–H and O–H groups in total. The molecule has 32 heavy (non-hydrogen) atoms. The van der Waals surface area contributed by atoms with E-state index >= 15 is 0 Å². The Balaban J connectivity index is 0.00000363. The van der Waals surface area contributed by atoms with E-state index in [1.165, 1.54) is 0 Å². The van der Waals surface area contributed by atoms with Gasteiger partial charge >= 0.3 is 0 Å². The fourth-order valence-corrected chi connectivity index (χ4v) is 3.68. The van der Waals surface area contributed by atoms with E-state index < -0.39 is 0 Å². The number of hydrogen-bond acceptors (Lipinski definition) is 3. The predicted molar refractivity (Wildman–Crippen MR) is 137 cm³/mol. The molecule has 0 aromatic heterocycles. The highest BCUT2D eigenvalue weighted by atomic mass is 35.5. The second-order valence-electron chi connectivity index (χ2n) is 7.57. The Kier molecular flexibility index (Phi) is 10.1. The minimum Gasteiger partial charge on any atom is -0.507 e. The van der Waals surface area contributed by atoms with Crippen LogP contribution >= 0.6 is 12.4 Å². The highest BCUT2D eigenvalue weighted by Crippen LogP contribution is 2.35. The lowest BCUT2D eigenvalue weighted by Crippen LogP contribution is -2.16. The Hall–Kier alpha value is -3.01. The molecule has 168 valence electrons. The Morgan fingerprint density at radius 1 is 0.969 bits per heavy atom. The standard InChI is InChI=1S/C28H31NO2.ClH/c1-4-9-21-13-15-26(30)25(19-21)23-14-16-27(24(20-23)10-5-2)31-28(17-18-29-3)22-11-7-6-8-12-22;/h4-8,11-16,19-20,28-30H,1-2,9-10,17-18H2,3H3;1H. The van der Waals surface area contributed by atoms with E-state index in [0.717, 1.165) is 53.0 Å². The van der Waals surface area contributed by atoms with Crippen molar-refractivity contribution in [2.75, 3.05) is 13.6 Å². The van der Waals surface area contributed by atoms with Crippen LogP contribution in [0.1, 0.15) is 29.2 Å². The molecule has 0 spiro atoms. The van der Waals surface area contributed by atoms with Gasteiger partial charge in [0.05, 0.1) is 0 Å². The van der Waals surface area contributed by atoms with Crippen LogP contribution in [0, 0.1) is 0 Å². The van der Waals surface area contributed by atoms with Crippen LogP contribution in [0.2, 0.25) is 0 Å². The molecule has 0 saturated carbocycles. The monoisotopic (exact) mass is 449 g/mol. The molecule has 0 aliphatic rings. The average molecular weight is 450 g/mol. The first-order valence-electron chi connectivity index (χ1n) is 10.7. The summed E-state index contributed by atoms with van der Waals surface area (Å²) in [4.78, 5) is 0. The first kappa shape index (κ1) is 25.3. The van der Waals surface area contributed by atoms with Crippen LogP contribution in [0.3, 0.4) is 0 Å². The van der Waals surface area contributed by atoms with Crippen LogP contribution in [-0.4, -0.2) is 18.7 Å². The van der Waals surface area contributed by atoms with Gasteiger partial charge in [-0.2, -0.15) is 0 Å². The topological polar surface area (TPSA) is 41.5 Å². The van der Waals surface area contributed by atoms with E-state index in [1.54, 1.807) is 6.07 Å². The van der Waals surface area contributed by atoms with E-state index in [9.17, 15) is 5.11 Å². The van der Waals surface area contributed by atoms with Crippen LogP contribution in [0.15, 0.2) is 92.0 Å². The van der Waals surface area contributed by atoms with Crippen LogP contribution in [0.25, 0.3) is 11.1 Å². The van der Waals surface area contributed by atoms with Crippen LogP contribution in [-0.2, 0) is 12.8 Å². The summed E-state index contributed by atoms with van der Waals surface area (Å²) in [6.45, 7) is 8.59. The van der Waals surface area contributed by atoms with Crippen LogP contribution in [0.4, 0.5) is 0 Å². The summed E-state index contributed by atoms with van der Waals surface area (Å²) in [5.41, 5.74) is 5.09. The maximum atomic E-state index is 10.5. The molecule has 0 radical (unpaired) electrons. The van der Waals surface area contributed by atoms with Gasteiger partial charge in [-0.15, -0.1) is 25.6 Å². The summed E-state index contributed by atoms with van der Waals surface area (Å²) in [7, 11) is 1.95. The van der Waals surface area contributed by atoms with Crippen LogP contribution < -0.4 is 10.1 Å². The van der Waals surface area contributed by atoms with E-state index in [4.69, 9.17) is 4.74 Å². The summed E-state index contributed by atoms with van der Waals surface area (Å²) in [5.74, 6) is 1.11. The summed E-state index contributed by atoms with van der Waals surface area (Å²) >= 11 is 0. The predicted octanol–water partition coefficient (Wildman–Crippen LogP) is 6.67. The lowest BCUT2D eigenvalue weighted by Gasteiger charge is -2.22. The summed E-state index contributed by atoms with van der Waals surface area (Å²) in [5, 5.41) is 13.7. The fraction of sp³-hybridized carbons (Fsp3) is 0.214. The quantitative estimate of drug-likeness (QED) is 0.321. The zero-order valence-corrected chi connectivity index (χ0v) is 19.4. The molecule has 1 unspecified atom stereocenters. The fourth-order valence-electron chi connectivity index (χ4n) is 3.68. The van der Waals surface area contributed by atoms with Crippen molar-refractivity contribution in [1.29, 1.82) is 0 Å². The maximum Gasteiger partial charge on any atom is 0.125 e. The number of ether oxygens (including phenoxy) is 1. The Bertz CT molecular complexity index is 1020. The lowest BCUT2D eigenvalue weighted by atomic mass is 9.97. The molecule has 3 nitrogen and oxygen atoms in total. The molecular weight excluding hydrogens is 418 g/mol. The van der Waals surface area contributed by atoms with Crippen molar-refractivity contribution in [3.05, 3.63) is 109 Å². The number of phenolic OH excluding ortho intramolecular Hbond substituents is 1. The minimum absolute atomic E-state index is 0. The number of phenols is 1. The van der Waals surface area contributed by atoms with Gasteiger partial charge in [0.15, 0.2) is 0 Å². The Morgan fingerprint density at radius 3 is 2.41 bits per heavy atom. The van der Waals surface area contributed by atoms with Crippen molar-refractivity contribution in [2.45, 2.75) is 25.4 Å². The van der Waals surface area contributed by atoms with Gasteiger partial charge in [-0.05, 0) is 73.0 Å². The zero-order valence-electron chi connectivity index (χ0n) is 18.6. The van der Waals surface area contributed by atoms with E-state index in [2.05, 4.69) is 36.7 Å². The van der Waals surface area contributed by atoms with Crippen molar-refractivity contribution in [3.63, 3.8) is 0 Å². The van der Waals surface area contributed by atoms with Gasteiger partial charge in [0.1, 0.15) is 17.6 Å². The van der Waals surface area contributed by atoms with Gasteiger partial charge < -0.3 is 15.2 Å². The number of hydrogen-bond donors (Lipinski definition) is 2. The van der Waals surface area contributed by atoms with Crippen molar-refractivity contribution in [1.82, 2.24) is 5.32 Å². The zero-order chi connectivity index (χ0) is 22.1. The molecule has 3 aromatic carbocycles. The SMILES string of the molecule is C=CCc1ccc(O)c(-c2ccc(OC(CCNC)c3ccccc3)c(CC=C)c2)c1.Cl. The highest BCUT2D eigenvalue weighted by molar-refractivity contribution is 5.85. The Labute approximate surface area is 197 Å². The maximum absolute atomic E-state index is 10.5. The molecule has 0 aliphatic carbocycles. The van der Waals surface area contributed by atoms with Crippen LogP contribution in [0.5, 0.6) is 11.5 Å². The number of aromatic hydroxyl groups is 1. The van der Waals surface area contributed by atoms with Gasteiger partial charge in [0.25, 0.3) is 0 Å². The number of halogens is 1. The Morgan fingerprint density at radius 2 is 1.72 bits per heavy atom. The molecule has 0 fully saturated rings. The number of nitrogens with one attached hydrogen (secondary N) is 1. The smallest absolute Gasteiger partial charge is 0.125 e. The first-order valence-corrected chi connectivity index (χ1v) is 10.7. The highest BCUT2D eigenvalue weighted by Gasteiger charge is 2.16. The van der Waals surface area contributed by atoms with Gasteiger partial charge in [-0.25, -0.2) is 0 Å². The van der Waals surface area contributed by atoms with E-state index in [1.807, 2.05) is 61.7 Å². The molecule has 0 amide bonds. The lowest BCUT2D eigenvalue weighted by molar-refractivity contribution is 0.193. The largest absolute Gasteiger partial charge is 0.507 e. The third kappa shape index (κ3) is 6.49. The normalized spacial score (nSPS) is 11.3. The van der Waals surface area contributed by atoms with Crippen molar-refractivity contribution in [3.8, 4) is 22.6 Å². The number of benzene rings is 3. The molecule has 3 rings (SSSR count). The molecule has 0 heterocycles. The number of allylic oxidation sites excluding steroid dienone is 2. The van der Waals surface area contributed by atoms with Gasteiger partial charge in [0, 0.05) is 12.0 Å². The van der Waals surface area contributed by atoms with Crippen molar-refractivity contribution >= 4 is 12.4 Å². The summed E-state index contributed by atoms with van der Waals surface area (Å²) in [6, 6.07) is 22.1. The molecule has 1 atom stereocenters. The molecule has 0 saturated heterocycles. The average Bonchev–Trinajstić information content (AvgIpc) is 2.79. The third-order valence-corrected chi connectivity index (χ3v) is 5.27. The summed E-state index contributed by atoms with van der Waals surface area (Å²) < 4.78 is 6.51. The van der Waals surface area contributed by atoms with Crippen molar-refractivity contribution in [2.24, 2.45) is 0 Å². The van der Waals surface area contributed by atoms with E-state index in [-0.39, 0.29) is 24.3 Å². The summed E-state index contributed by atoms with van der Waals surface area (Å²) in [6.07, 6.45) is 6.01. The van der Waals surface area contributed by atoms with Gasteiger partial charge in [-0.1, -0.05) is 54.6 Å². The molecule has 3 aromatic rings. The van der Waals surface area contributed by atoms with Crippen molar-refractivity contribution < 1.29 is 9.84 Å². The molecular formula is C28H32ClNO2. The van der Waals surface area contributed by atoms with Gasteiger partial charge in [0.2, 0.25) is 0 Å². The third-order valence-electron chi connectivity index (χ3n) is 5.27. The number of rotatable bonds is 11. The molecule has 0 aliphatic heterocycles. The second-order valence-corrected chi connectivity index (χ2v) is 7.57. The molecule has 4 heteroatoms. The van der Waals surface area contributed by atoms with E-state index in [0.29, 0.717) is 6.42 Å². The van der Waals surface area contributed by atoms with Gasteiger partial charge in [-0.3, -0.25) is 0 Å². The first-order chi connectivity index (χ1) is 15.2. The minimum atomic E-state index is -0.0487.